The maximum atomic E-state index is 11.7. The highest BCUT2D eigenvalue weighted by Gasteiger charge is 2.20. The van der Waals surface area contributed by atoms with Crippen molar-refractivity contribution in [2.75, 3.05) is 0 Å². The summed E-state index contributed by atoms with van der Waals surface area (Å²) >= 11 is 0. The molecule has 0 spiro atoms. The molecule has 17 heavy (non-hydrogen) atoms. The van der Waals surface area contributed by atoms with Crippen molar-refractivity contribution in [1.29, 1.82) is 5.41 Å². The number of amides is 1. The first kappa shape index (κ1) is 12.7. The molecule has 1 atom stereocenters. The van der Waals surface area contributed by atoms with Crippen molar-refractivity contribution in [3.05, 3.63) is 29.8 Å². The van der Waals surface area contributed by atoms with E-state index < -0.39 is 17.9 Å². The summed E-state index contributed by atoms with van der Waals surface area (Å²) in [6.45, 7) is 1.37. The van der Waals surface area contributed by atoms with Gasteiger partial charge < -0.3 is 15.5 Å². The van der Waals surface area contributed by atoms with Crippen molar-refractivity contribution in [2.24, 2.45) is 0 Å². The number of ketones is 1. The van der Waals surface area contributed by atoms with E-state index in [1.54, 1.807) is 0 Å². The van der Waals surface area contributed by atoms with Gasteiger partial charge >= 0.3 is 6.09 Å². The van der Waals surface area contributed by atoms with Gasteiger partial charge in [0.25, 0.3) is 0 Å². The second kappa shape index (κ2) is 5.11. The number of Topliss-reactive ketones (excluding diaryl/α,β-unsaturated/α-hetero) is 1. The fourth-order valence-corrected chi connectivity index (χ4v) is 1.24. The zero-order valence-electron chi connectivity index (χ0n) is 9.10. The average Bonchev–Trinajstić information content (AvgIpc) is 2.27. The summed E-state index contributed by atoms with van der Waals surface area (Å²) in [5.41, 5.74) is 0.0260. The molecule has 90 valence electrons. The van der Waals surface area contributed by atoms with E-state index in [4.69, 9.17) is 15.6 Å². The molecule has 0 radical (unpaired) electrons. The summed E-state index contributed by atoms with van der Waals surface area (Å²) in [7, 11) is 0. The number of aromatic hydroxyl groups is 1. The molecule has 6 nitrogen and oxygen atoms in total. The first-order valence-corrected chi connectivity index (χ1v) is 4.83. The molecule has 6 heteroatoms. The minimum atomic E-state index is -1.32. The number of carbonyl (C=O) groups is 2. The molecule has 0 aliphatic rings. The van der Waals surface area contributed by atoms with Crippen LogP contribution in [0.5, 0.6) is 5.75 Å². The van der Waals surface area contributed by atoms with E-state index in [2.05, 4.69) is 0 Å². The number of carbonyl (C=O) groups excluding carboxylic acids is 1. The van der Waals surface area contributed by atoms with E-state index in [9.17, 15) is 9.59 Å². The van der Waals surface area contributed by atoms with Gasteiger partial charge in [-0.25, -0.2) is 4.79 Å². The van der Waals surface area contributed by atoms with E-state index in [0.717, 1.165) is 0 Å². The van der Waals surface area contributed by atoms with Crippen molar-refractivity contribution < 1.29 is 19.8 Å². The summed E-state index contributed by atoms with van der Waals surface area (Å²) in [6.07, 6.45) is -1.32. The molecular formula is C11H12N2O4. The number of phenols is 1. The fraction of sp³-hybridized carbons (Fsp3) is 0.182. The van der Waals surface area contributed by atoms with Crippen LogP contribution in [-0.4, -0.2) is 33.8 Å². The van der Waals surface area contributed by atoms with Gasteiger partial charge in [0.2, 0.25) is 5.78 Å². The molecule has 0 fully saturated rings. The number of rotatable bonds is 4. The summed E-state index contributed by atoms with van der Waals surface area (Å²) in [6, 6.07) is 4.57. The van der Waals surface area contributed by atoms with E-state index in [-0.39, 0.29) is 11.5 Å². The SMILES string of the molecule is C[C@H](NC(=O)O)C(=O)C(=N)c1ccc(O)cc1. The Morgan fingerprint density at radius 1 is 1.29 bits per heavy atom. The van der Waals surface area contributed by atoms with Gasteiger partial charge in [-0.2, -0.15) is 0 Å². The van der Waals surface area contributed by atoms with Gasteiger partial charge in [0.05, 0.1) is 6.04 Å². The topological polar surface area (TPSA) is 110 Å². The lowest BCUT2D eigenvalue weighted by molar-refractivity contribution is -0.114. The van der Waals surface area contributed by atoms with Crippen LogP contribution in [0.3, 0.4) is 0 Å². The molecule has 0 bridgehead atoms. The van der Waals surface area contributed by atoms with Crippen LogP contribution in [0.25, 0.3) is 0 Å². The number of carboxylic acid groups (broad SMARTS) is 1. The Kier molecular flexibility index (Phi) is 3.82. The van der Waals surface area contributed by atoms with E-state index in [1.807, 2.05) is 5.32 Å². The number of phenolic OH excluding ortho intramolecular Hbond substituents is 1. The molecule has 0 aliphatic heterocycles. The Labute approximate surface area is 97.4 Å². The van der Waals surface area contributed by atoms with Gasteiger partial charge in [0, 0.05) is 5.56 Å². The Morgan fingerprint density at radius 3 is 2.29 bits per heavy atom. The highest BCUT2D eigenvalue weighted by molar-refractivity contribution is 6.46. The van der Waals surface area contributed by atoms with Crippen LogP contribution in [0.15, 0.2) is 24.3 Å². The quantitative estimate of drug-likeness (QED) is 0.584. The van der Waals surface area contributed by atoms with Gasteiger partial charge in [0.1, 0.15) is 11.5 Å². The van der Waals surface area contributed by atoms with E-state index in [1.165, 1.54) is 31.2 Å². The minimum Gasteiger partial charge on any atom is -0.508 e. The summed E-state index contributed by atoms with van der Waals surface area (Å²) in [5, 5.41) is 27.1. The second-order valence-electron chi connectivity index (χ2n) is 3.46. The lowest BCUT2D eigenvalue weighted by Gasteiger charge is -2.10. The number of hydrogen-bond acceptors (Lipinski definition) is 4. The lowest BCUT2D eigenvalue weighted by Crippen LogP contribution is -2.41. The van der Waals surface area contributed by atoms with Crippen LogP contribution >= 0.6 is 0 Å². The molecular weight excluding hydrogens is 224 g/mol. The molecule has 4 N–H and O–H groups in total. The largest absolute Gasteiger partial charge is 0.508 e. The Bertz CT molecular complexity index is 453. The van der Waals surface area contributed by atoms with E-state index >= 15 is 0 Å². The highest BCUT2D eigenvalue weighted by Crippen LogP contribution is 2.10. The van der Waals surface area contributed by atoms with Crippen LogP contribution in [0.1, 0.15) is 12.5 Å². The van der Waals surface area contributed by atoms with Crippen LogP contribution in [0, 0.1) is 5.41 Å². The molecule has 1 aromatic carbocycles. The minimum absolute atomic E-state index is 0.0331. The molecule has 0 saturated heterocycles. The molecule has 1 aromatic rings. The first-order valence-electron chi connectivity index (χ1n) is 4.83. The Morgan fingerprint density at radius 2 is 1.82 bits per heavy atom. The average molecular weight is 236 g/mol. The molecule has 0 aromatic heterocycles. The van der Waals surface area contributed by atoms with Crippen molar-refractivity contribution in [3.8, 4) is 5.75 Å². The van der Waals surface area contributed by atoms with Gasteiger partial charge in [0.15, 0.2) is 0 Å². The van der Waals surface area contributed by atoms with E-state index in [0.29, 0.717) is 5.56 Å². The standard InChI is InChI=1S/C11H12N2O4/c1-6(13-11(16)17)10(15)9(12)7-2-4-8(14)5-3-7/h2-6,12-14H,1H3,(H,16,17)/t6-/m0/s1. The van der Waals surface area contributed by atoms with Crippen LogP contribution in [0.2, 0.25) is 0 Å². The maximum absolute atomic E-state index is 11.7. The lowest BCUT2D eigenvalue weighted by atomic mass is 10.0. The van der Waals surface area contributed by atoms with Crippen molar-refractivity contribution in [3.63, 3.8) is 0 Å². The molecule has 1 amide bonds. The van der Waals surface area contributed by atoms with Crippen LogP contribution in [-0.2, 0) is 4.79 Å². The first-order chi connectivity index (χ1) is 7.91. The van der Waals surface area contributed by atoms with Gasteiger partial charge in [-0.15, -0.1) is 0 Å². The third-order valence-electron chi connectivity index (χ3n) is 2.14. The third kappa shape index (κ3) is 3.30. The van der Waals surface area contributed by atoms with Crippen molar-refractivity contribution >= 4 is 17.6 Å². The van der Waals surface area contributed by atoms with Crippen LogP contribution < -0.4 is 5.32 Å². The normalized spacial score (nSPS) is 11.6. The number of benzene rings is 1. The smallest absolute Gasteiger partial charge is 0.405 e. The molecule has 1 rings (SSSR count). The highest BCUT2D eigenvalue weighted by atomic mass is 16.4. The van der Waals surface area contributed by atoms with Crippen LogP contribution in [0.4, 0.5) is 4.79 Å². The fourth-order valence-electron chi connectivity index (χ4n) is 1.24. The summed E-state index contributed by atoms with van der Waals surface area (Å²) in [5.74, 6) is -0.594. The molecule has 0 heterocycles. The number of nitrogens with one attached hydrogen (secondary N) is 2. The van der Waals surface area contributed by atoms with Crippen molar-refractivity contribution in [2.45, 2.75) is 13.0 Å². The molecule has 0 unspecified atom stereocenters. The van der Waals surface area contributed by atoms with Gasteiger partial charge in [-0.05, 0) is 31.2 Å². The molecule has 0 saturated carbocycles. The predicted molar refractivity (Wildman–Crippen MR) is 60.6 cm³/mol. The number of hydrogen-bond donors (Lipinski definition) is 4. The van der Waals surface area contributed by atoms with Gasteiger partial charge in [-0.1, -0.05) is 0 Å². The zero-order chi connectivity index (χ0) is 13.0. The Hall–Kier alpha value is -2.37. The van der Waals surface area contributed by atoms with Crippen molar-refractivity contribution in [1.82, 2.24) is 5.32 Å². The summed E-state index contributed by atoms with van der Waals surface area (Å²) < 4.78 is 0. The van der Waals surface area contributed by atoms with Gasteiger partial charge in [-0.3, -0.25) is 10.2 Å². The molecule has 0 aliphatic carbocycles. The third-order valence-corrected chi connectivity index (χ3v) is 2.14. The summed E-state index contributed by atoms with van der Waals surface area (Å²) in [4.78, 5) is 22.0. The predicted octanol–water partition coefficient (Wildman–Crippen LogP) is 0.985. The second-order valence-corrected chi connectivity index (χ2v) is 3.46. The maximum Gasteiger partial charge on any atom is 0.405 e. The Balaban J connectivity index is 2.79. The monoisotopic (exact) mass is 236 g/mol. The zero-order valence-corrected chi connectivity index (χ0v) is 9.10.